The predicted octanol–water partition coefficient (Wildman–Crippen LogP) is 1.84. The second-order valence-corrected chi connectivity index (χ2v) is 6.91. The largest absolute Gasteiger partial charge is 0.302 e. The molecule has 1 aromatic carbocycles. The van der Waals surface area contributed by atoms with Gasteiger partial charge in [-0.15, -0.1) is 0 Å². The van der Waals surface area contributed by atoms with Gasteiger partial charge in [-0.25, -0.2) is 13.1 Å². The third kappa shape index (κ3) is 4.30. The zero-order valence-electron chi connectivity index (χ0n) is 11.4. The van der Waals surface area contributed by atoms with Gasteiger partial charge in [0.15, 0.2) is 0 Å². The number of hydrogen-bond donors (Lipinski definition) is 1. The number of nitrogens with zero attached hydrogens (tertiary/aromatic N) is 1. The molecule has 1 atom stereocenters. The predicted molar refractivity (Wildman–Crippen MR) is 76.5 cm³/mol. The molecule has 0 amide bonds. The molecular formula is C14H22N2O2S. The zero-order valence-corrected chi connectivity index (χ0v) is 12.2. The fourth-order valence-corrected chi connectivity index (χ4v) is 3.75. The Hall–Kier alpha value is -0.910. The number of rotatable bonds is 5. The number of benzene rings is 1. The van der Waals surface area contributed by atoms with E-state index in [-0.39, 0.29) is 6.04 Å². The van der Waals surface area contributed by atoms with Crippen molar-refractivity contribution in [3.05, 3.63) is 30.3 Å². The first-order valence-corrected chi connectivity index (χ1v) is 8.36. The molecule has 0 radical (unpaired) electrons. The van der Waals surface area contributed by atoms with E-state index < -0.39 is 10.0 Å². The van der Waals surface area contributed by atoms with Gasteiger partial charge >= 0.3 is 0 Å². The summed E-state index contributed by atoms with van der Waals surface area (Å²) in [6, 6.07) is 8.47. The van der Waals surface area contributed by atoms with Crippen molar-refractivity contribution in [2.24, 2.45) is 0 Å². The van der Waals surface area contributed by atoms with Crippen molar-refractivity contribution >= 4 is 10.0 Å². The standard InChI is InChI=1S/C14H22N2O2S/c1-13(12-16-10-6-3-7-11-16)15-19(17,18)14-8-4-2-5-9-14/h2,4-5,8-9,13,15H,3,6-7,10-12H2,1H3. The van der Waals surface area contributed by atoms with E-state index in [4.69, 9.17) is 0 Å². The Bertz CT molecular complexity index is 481. The summed E-state index contributed by atoms with van der Waals surface area (Å²) in [5.74, 6) is 0. The number of nitrogens with one attached hydrogen (secondary N) is 1. The van der Waals surface area contributed by atoms with Gasteiger partial charge in [0.2, 0.25) is 10.0 Å². The Morgan fingerprint density at radius 2 is 1.79 bits per heavy atom. The van der Waals surface area contributed by atoms with Gasteiger partial charge < -0.3 is 4.90 Å². The monoisotopic (exact) mass is 282 g/mol. The molecule has 0 aliphatic carbocycles. The van der Waals surface area contributed by atoms with Crippen LogP contribution in [0, 0.1) is 0 Å². The fraction of sp³-hybridized carbons (Fsp3) is 0.571. The highest BCUT2D eigenvalue weighted by Crippen LogP contribution is 2.11. The first kappa shape index (κ1) is 14.5. The normalized spacial score (nSPS) is 19.2. The average molecular weight is 282 g/mol. The lowest BCUT2D eigenvalue weighted by atomic mass is 10.1. The van der Waals surface area contributed by atoms with E-state index in [1.165, 1.54) is 19.3 Å². The summed E-state index contributed by atoms with van der Waals surface area (Å²) in [5, 5.41) is 0. The Labute approximate surface area is 115 Å². The van der Waals surface area contributed by atoms with Crippen LogP contribution in [0.2, 0.25) is 0 Å². The van der Waals surface area contributed by atoms with Gasteiger partial charge in [-0.05, 0) is 45.0 Å². The Morgan fingerprint density at radius 1 is 1.16 bits per heavy atom. The fourth-order valence-electron chi connectivity index (χ4n) is 2.50. The van der Waals surface area contributed by atoms with Gasteiger partial charge in [0, 0.05) is 12.6 Å². The molecule has 4 nitrogen and oxygen atoms in total. The molecular weight excluding hydrogens is 260 g/mol. The van der Waals surface area contributed by atoms with Crippen LogP contribution in [0.1, 0.15) is 26.2 Å². The van der Waals surface area contributed by atoms with Crippen LogP contribution in [0.3, 0.4) is 0 Å². The van der Waals surface area contributed by atoms with E-state index >= 15 is 0 Å². The van der Waals surface area contributed by atoms with E-state index in [1.807, 2.05) is 13.0 Å². The smallest absolute Gasteiger partial charge is 0.240 e. The average Bonchev–Trinajstić information content (AvgIpc) is 2.40. The molecule has 1 aliphatic heterocycles. The van der Waals surface area contributed by atoms with E-state index in [9.17, 15) is 8.42 Å². The third-order valence-electron chi connectivity index (χ3n) is 3.39. The van der Waals surface area contributed by atoms with E-state index in [1.54, 1.807) is 24.3 Å². The molecule has 106 valence electrons. The van der Waals surface area contributed by atoms with Crippen molar-refractivity contribution in [3.63, 3.8) is 0 Å². The van der Waals surface area contributed by atoms with Crippen LogP contribution >= 0.6 is 0 Å². The Kier molecular flexibility index (Phi) is 4.96. The lowest BCUT2D eigenvalue weighted by Gasteiger charge is -2.29. The molecule has 1 unspecified atom stereocenters. The molecule has 1 aliphatic rings. The summed E-state index contributed by atoms with van der Waals surface area (Å²) in [6.45, 7) is 4.87. The second kappa shape index (κ2) is 6.50. The first-order chi connectivity index (χ1) is 9.08. The van der Waals surface area contributed by atoms with Crippen LogP contribution < -0.4 is 4.72 Å². The molecule has 0 bridgehead atoms. The topological polar surface area (TPSA) is 49.4 Å². The van der Waals surface area contributed by atoms with E-state index in [0.29, 0.717) is 4.90 Å². The van der Waals surface area contributed by atoms with Gasteiger partial charge in [0.25, 0.3) is 0 Å². The van der Waals surface area contributed by atoms with Crippen molar-refractivity contribution in [3.8, 4) is 0 Å². The quantitative estimate of drug-likeness (QED) is 0.896. The highest BCUT2D eigenvalue weighted by molar-refractivity contribution is 7.89. The number of likely N-dealkylation sites (tertiary alicyclic amines) is 1. The van der Waals surface area contributed by atoms with Crippen LogP contribution in [0.5, 0.6) is 0 Å². The molecule has 0 saturated carbocycles. The highest BCUT2D eigenvalue weighted by Gasteiger charge is 2.19. The number of hydrogen-bond acceptors (Lipinski definition) is 3. The maximum absolute atomic E-state index is 12.2. The molecule has 1 saturated heterocycles. The molecule has 19 heavy (non-hydrogen) atoms. The molecule has 1 fully saturated rings. The van der Waals surface area contributed by atoms with Gasteiger partial charge in [0.05, 0.1) is 4.90 Å². The lowest BCUT2D eigenvalue weighted by Crippen LogP contribution is -2.43. The summed E-state index contributed by atoms with van der Waals surface area (Å²) >= 11 is 0. The van der Waals surface area contributed by atoms with Crippen LogP contribution in [-0.4, -0.2) is 39.0 Å². The minimum atomic E-state index is -3.39. The van der Waals surface area contributed by atoms with Crippen molar-refractivity contribution < 1.29 is 8.42 Å². The van der Waals surface area contributed by atoms with Crippen LogP contribution in [-0.2, 0) is 10.0 Å². The molecule has 0 aromatic heterocycles. The number of piperidine rings is 1. The first-order valence-electron chi connectivity index (χ1n) is 6.88. The van der Waals surface area contributed by atoms with Crippen molar-refractivity contribution in [1.82, 2.24) is 9.62 Å². The van der Waals surface area contributed by atoms with Crippen LogP contribution in [0.4, 0.5) is 0 Å². The molecule has 2 rings (SSSR count). The summed E-state index contributed by atoms with van der Waals surface area (Å²) in [6.07, 6.45) is 3.73. The van der Waals surface area contributed by atoms with Gasteiger partial charge in [-0.1, -0.05) is 24.6 Å². The van der Waals surface area contributed by atoms with Crippen molar-refractivity contribution in [2.75, 3.05) is 19.6 Å². The van der Waals surface area contributed by atoms with Crippen molar-refractivity contribution in [1.29, 1.82) is 0 Å². The highest BCUT2D eigenvalue weighted by atomic mass is 32.2. The Balaban J connectivity index is 1.92. The lowest BCUT2D eigenvalue weighted by molar-refractivity contribution is 0.215. The Morgan fingerprint density at radius 3 is 2.42 bits per heavy atom. The van der Waals surface area contributed by atoms with Crippen LogP contribution in [0.15, 0.2) is 35.2 Å². The van der Waals surface area contributed by atoms with E-state index in [0.717, 1.165) is 19.6 Å². The summed E-state index contributed by atoms with van der Waals surface area (Å²) in [5.41, 5.74) is 0. The summed E-state index contributed by atoms with van der Waals surface area (Å²) in [4.78, 5) is 2.67. The van der Waals surface area contributed by atoms with Gasteiger partial charge in [-0.2, -0.15) is 0 Å². The minimum Gasteiger partial charge on any atom is -0.302 e. The maximum atomic E-state index is 12.2. The molecule has 1 heterocycles. The third-order valence-corrected chi connectivity index (χ3v) is 5.00. The minimum absolute atomic E-state index is 0.0664. The van der Waals surface area contributed by atoms with Crippen molar-refractivity contribution in [2.45, 2.75) is 37.1 Å². The maximum Gasteiger partial charge on any atom is 0.240 e. The molecule has 1 N–H and O–H groups in total. The van der Waals surface area contributed by atoms with Gasteiger partial charge in [0.1, 0.15) is 0 Å². The summed E-state index contributed by atoms with van der Waals surface area (Å²) < 4.78 is 27.1. The molecule has 1 aromatic rings. The SMILES string of the molecule is CC(CN1CCCCC1)NS(=O)(=O)c1ccccc1. The number of sulfonamides is 1. The van der Waals surface area contributed by atoms with Crippen LogP contribution in [0.25, 0.3) is 0 Å². The molecule has 0 spiro atoms. The second-order valence-electron chi connectivity index (χ2n) is 5.20. The summed E-state index contributed by atoms with van der Waals surface area (Å²) in [7, 11) is -3.39. The van der Waals surface area contributed by atoms with E-state index in [2.05, 4.69) is 9.62 Å². The zero-order chi connectivity index (χ0) is 13.7. The van der Waals surface area contributed by atoms with Gasteiger partial charge in [-0.3, -0.25) is 0 Å². The molecule has 5 heteroatoms.